The Morgan fingerprint density at radius 3 is 2.76 bits per heavy atom. The highest BCUT2D eigenvalue weighted by atomic mass is 32.1. The van der Waals surface area contributed by atoms with Gasteiger partial charge in [0.1, 0.15) is 11.9 Å². The van der Waals surface area contributed by atoms with Gasteiger partial charge in [0.05, 0.1) is 13.1 Å². The monoisotopic (exact) mass is 421 g/mol. The van der Waals surface area contributed by atoms with Crippen molar-refractivity contribution in [1.29, 1.82) is 5.41 Å². The molecule has 2 rings (SSSR count). The zero-order valence-electron chi connectivity index (χ0n) is 17.0. The molecular formula is C20H31N5O3S. The number of nitrogen functional groups attached to an aromatic ring is 1. The fraction of sp³-hybridized carbons (Fsp3) is 0.600. The van der Waals surface area contributed by atoms with Gasteiger partial charge in [0.15, 0.2) is 0 Å². The predicted molar refractivity (Wildman–Crippen MR) is 114 cm³/mol. The van der Waals surface area contributed by atoms with Crippen LogP contribution in [0.15, 0.2) is 11.4 Å². The molecule has 1 fully saturated rings. The smallest absolute Gasteiger partial charge is 0.243 e. The van der Waals surface area contributed by atoms with Gasteiger partial charge in [-0.25, -0.2) is 0 Å². The maximum atomic E-state index is 12.6. The normalized spacial score (nSPS) is 15.9. The van der Waals surface area contributed by atoms with Gasteiger partial charge in [0.25, 0.3) is 0 Å². The molecule has 1 saturated heterocycles. The van der Waals surface area contributed by atoms with Crippen LogP contribution in [0.25, 0.3) is 0 Å². The quantitative estimate of drug-likeness (QED) is 0.246. The Morgan fingerprint density at radius 1 is 1.28 bits per heavy atom. The number of nitrogens with one attached hydrogen (secondary N) is 3. The molecule has 1 aromatic rings. The molecule has 3 amide bonds. The lowest BCUT2D eigenvalue weighted by Gasteiger charge is -2.24. The number of likely N-dealkylation sites (tertiary alicyclic amines) is 1. The van der Waals surface area contributed by atoms with E-state index in [9.17, 15) is 14.4 Å². The first-order valence-corrected chi connectivity index (χ1v) is 11.1. The zero-order valence-corrected chi connectivity index (χ0v) is 17.8. The topological polar surface area (TPSA) is 128 Å². The molecule has 0 radical (unpaired) electrons. The number of hydrogen-bond donors (Lipinski definition) is 4. The third-order valence-corrected chi connectivity index (χ3v) is 5.91. The minimum absolute atomic E-state index is 0.00111. The lowest BCUT2D eigenvalue weighted by molar-refractivity contribution is -0.138. The van der Waals surface area contributed by atoms with Crippen LogP contribution in [0.1, 0.15) is 62.3 Å². The van der Waals surface area contributed by atoms with E-state index < -0.39 is 6.04 Å². The number of nitrogens with two attached hydrogens (primary N) is 1. The highest BCUT2D eigenvalue weighted by Gasteiger charge is 2.33. The Labute approximate surface area is 175 Å². The van der Waals surface area contributed by atoms with Crippen molar-refractivity contribution < 1.29 is 14.4 Å². The standard InChI is InChI=1S/C20H31N5O3S/c1-2-3-4-5-8-17(26)23-12-18(27)25-9-6-7-16(25)20(28)24-11-15-10-14(13-29-15)19(21)22/h10,13,16H,2-9,11-12H2,1H3,(H3,21,22)(H,23,26)(H,24,28)/t16-/m0/s1. The number of thiophene rings is 1. The Hall–Kier alpha value is -2.42. The summed E-state index contributed by atoms with van der Waals surface area (Å²) >= 11 is 1.43. The number of carbonyl (C=O) groups is 3. The van der Waals surface area contributed by atoms with E-state index in [-0.39, 0.29) is 30.1 Å². The Balaban J connectivity index is 1.77. The summed E-state index contributed by atoms with van der Waals surface area (Å²) < 4.78 is 0. The average molecular weight is 422 g/mol. The first-order valence-electron chi connectivity index (χ1n) is 10.2. The third-order valence-electron chi connectivity index (χ3n) is 4.97. The number of unbranched alkanes of at least 4 members (excludes halogenated alkanes) is 3. The van der Waals surface area contributed by atoms with E-state index in [0.29, 0.717) is 31.5 Å². The number of nitrogens with zero attached hydrogens (tertiary/aromatic N) is 1. The van der Waals surface area contributed by atoms with E-state index in [1.165, 1.54) is 11.3 Å². The first-order chi connectivity index (χ1) is 13.9. The van der Waals surface area contributed by atoms with Crippen molar-refractivity contribution in [3.05, 3.63) is 21.9 Å². The average Bonchev–Trinajstić information content (AvgIpc) is 3.37. The van der Waals surface area contributed by atoms with Gasteiger partial charge in [-0.3, -0.25) is 19.8 Å². The lowest BCUT2D eigenvalue weighted by atomic mass is 10.1. The van der Waals surface area contributed by atoms with E-state index >= 15 is 0 Å². The molecule has 8 nitrogen and oxygen atoms in total. The summed E-state index contributed by atoms with van der Waals surface area (Å²) in [5.74, 6) is -0.536. The van der Waals surface area contributed by atoms with Crippen LogP contribution >= 0.6 is 11.3 Å². The maximum absolute atomic E-state index is 12.6. The lowest BCUT2D eigenvalue weighted by Crippen LogP contribution is -2.48. The van der Waals surface area contributed by atoms with Gasteiger partial charge in [0.2, 0.25) is 17.7 Å². The van der Waals surface area contributed by atoms with Crippen LogP contribution in [-0.2, 0) is 20.9 Å². The van der Waals surface area contributed by atoms with E-state index in [0.717, 1.165) is 37.0 Å². The number of amides is 3. The molecule has 9 heteroatoms. The van der Waals surface area contributed by atoms with Crippen LogP contribution in [0.3, 0.4) is 0 Å². The number of carbonyl (C=O) groups excluding carboxylic acids is 3. The van der Waals surface area contributed by atoms with Crippen molar-refractivity contribution in [3.8, 4) is 0 Å². The molecule has 0 aromatic carbocycles. The first kappa shape index (κ1) is 22.9. The summed E-state index contributed by atoms with van der Waals surface area (Å²) in [6, 6.07) is 1.28. The van der Waals surface area contributed by atoms with E-state index in [4.69, 9.17) is 11.1 Å². The van der Waals surface area contributed by atoms with Crippen molar-refractivity contribution in [2.24, 2.45) is 5.73 Å². The van der Waals surface area contributed by atoms with Gasteiger partial charge in [-0.2, -0.15) is 0 Å². The van der Waals surface area contributed by atoms with E-state index in [2.05, 4.69) is 17.6 Å². The zero-order chi connectivity index (χ0) is 21.2. The molecule has 29 heavy (non-hydrogen) atoms. The van der Waals surface area contributed by atoms with Crippen LogP contribution in [0.2, 0.25) is 0 Å². The summed E-state index contributed by atoms with van der Waals surface area (Å²) in [5.41, 5.74) is 6.09. The van der Waals surface area contributed by atoms with Crippen molar-refractivity contribution in [1.82, 2.24) is 15.5 Å². The number of rotatable bonds is 11. The van der Waals surface area contributed by atoms with Crippen molar-refractivity contribution >= 4 is 34.9 Å². The maximum Gasteiger partial charge on any atom is 0.243 e. The van der Waals surface area contributed by atoms with Crippen LogP contribution in [0.4, 0.5) is 0 Å². The molecule has 1 aliphatic heterocycles. The Kier molecular flexibility index (Phi) is 9.11. The molecule has 0 spiro atoms. The van der Waals surface area contributed by atoms with Crippen molar-refractivity contribution in [2.45, 2.75) is 64.5 Å². The van der Waals surface area contributed by atoms with Gasteiger partial charge in [-0.1, -0.05) is 26.2 Å². The summed E-state index contributed by atoms with van der Waals surface area (Å²) in [4.78, 5) is 39.4. The van der Waals surface area contributed by atoms with Gasteiger partial charge < -0.3 is 21.3 Å². The second kappa shape index (κ2) is 11.5. The molecule has 1 aromatic heterocycles. The molecule has 160 valence electrons. The molecule has 0 saturated carbocycles. The van der Waals surface area contributed by atoms with Crippen molar-refractivity contribution in [3.63, 3.8) is 0 Å². The van der Waals surface area contributed by atoms with Gasteiger partial charge in [0, 0.05) is 28.8 Å². The third kappa shape index (κ3) is 7.16. The van der Waals surface area contributed by atoms with Crippen LogP contribution in [-0.4, -0.2) is 47.6 Å². The summed E-state index contributed by atoms with van der Waals surface area (Å²) in [5, 5.41) is 14.7. The Bertz CT molecular complexity index is 733. The van der Waals surface area contributed by atoms with Gasteiger partial charge in [-0.05, 0) is 25.3 Å². The van der Waals surface area contributed by atoms with Crippen LogP contribution in [0.5, 0.6) is 0 Å². The van der Waals surface area contributed by atoms with E-state index in [1.54, 1.807) is 16.3 Å². The largest absolute Gasteiger partial charge is 0.384 e. The minimum atomic E-state index is -0.504. The number of amidine groups is 1. The highest BCUT2D eigenvalue weighted by Crippen LogP contribution is 2.18. The second-order valence-corrected chi connectivity index (χ2v) is 8.26. The molecule has 0 unspecified atom stereocenters. The molecule has 1 aliphatic rings. The molecule has 0 aliphatic carbocycles. The summed E-state index contributed by atoms with van der Waals surface area (Å²) in [6.45, 7) is 2.91. The predicted octanol–water partition coefficient (Wildman–Crippen LogP) is 1.73. The van der Waals surface area contributed by atoms with Crippen molar-refractivity contribution in [2.75, 3.05) is 13.1 Å². The fourth-order valence-corrected chi connectivity index (χ4v) is 4.14. The highest BCUT2D eigenvalue weighted by molar-refractivity contribution is 7.10. The SMILES string of the molecule is CCCCCCC(=O)NCC(=O)N1CCC[C@H]1C(=O)NCc1cc(C(=N)N)cs1. The molecular weight excluding hydrogens is 390 g/mol. The minimum Gasteiger partial charge on any atom is -0.384 e. The fourth-order valence-electron chi connectivity index (χ4n) is 3.32. The molecule has 5 N–H and O–H groups in total. The van der Waals surface area contributed by atoms with Gasteiger partial charge >= 0.3 is 0 Å². The Morgan fingerprint density at radius 2 is 2.07 bits per heavy atom. The molecule has 1 atom stereocenters. The van der Waals surface area contributed by atoms with Gasteiger partial charge in [-0.15, -0.1) is 11.3 Å². The molecule has 2 heterocycles. The second-order valence-electron chi connectivity index (χ2n) is 7.27. The summed E-state index contributed by atoms with van der Waals surface area (Å²) in [7, 11) is 0. The molecule has 0 bridgehead atoms. The number of hydrogen-bond acceptors (Lipinski definition) is 5. The summed E-state index contributed by atoms with van der Waals surface area (Å²) in [6.07, 6.45) is 5.89. The van der Waals surface area contributed by atoms with Crippen LogP contribution in [0, 0.1) is 5.41 Å². The van der Waals surface area contributed by atoms with E-state index in [1.807, 2.05) is 0 Å². The van der Waals surface area contributed by atoms with Crippen LogP contribution < -0.4 is 16.4 Å².